The number of amides is 1. The van der Waals surface area contributed by atoms with Gasteiger partial charge in [0, 0.05) is 12.0 Å². The van der Waals surface area contributed by atoms with Gasteiger partial charge in [-0.3, -0.25) is 4.79 Å². The molecule has 3 aliphatic carbocycles. The van der Waals surface area contributed by atoms with Crippen LogP contribution < -0.4 is 10.6 Å². The van der Waals surface area contributed by atoms with Crippen LogP contribution >= 0.6 is 12.4 Å². The molecule has 0 aromatic heterocycles. The minimum atomic E-state index is 0. The molecule has 4 heteroatoms. The summed E-state index contributed by atoms with van der Waals surface area (Å²) >= 11 is 0. The largest absolute Gasteiger partial charge is 0.353 e. The molecule has 1 spiro atoms. The number of rotatable bonds is 2. The Kier molecular flexibility index (Phi) is 5.04. The smallest absolute Gasteiger partial charge is 0.223 e. The molecule has 4 atom stereocenters. The van der Waals surface area contributed by atoms with Gasteiger partial charge >= 0.3 is 0 Å². The van der Waals surface area contributed by atoms with Crippen LogP contribution in [0, 0.1) is 23.2 Å². The van der Waals surface area contributed by atoms with Crippen molar-refractivity contribution in [2.75, 3.05) is 13.1 Å². The van der Waals surface area contributed by atoms with E-state index in [0.717, 1.165) is 31.3 Å². The van der Waals surface area contributed by atoms with E-state index in [9.17, 15) is 4.79 Å². The Hall–Kier alpha value is -0.280. The fourth-order valence-corrected chi connectivity index (χ4v) is 5.50. The molecule has 1 amide bonds. The van der Waals surface area contributed by atoms with Crippen LogP contribution in [0.15, 0.2) is 0 Å². The maximum atomic E-state index is 12.6. The van der Waals surface area contributed by atoms with Crippen LogP contribution in [0.2, 0.25) is 0 Å². The molecule has 0 aromatic rings. The lowest BCUT2D eigenvalue weighted by Crippen LogP contribution is -2.43. The Morgan fingerprint density at radius 1 is 1.00 bits per heavy atom. The van der Waals surface area contributed by atoms with Crippen molar-refractivity contribution in [3.05, 3.63) is 0 Å². The Morgan fingerprint density at radius 2 is 1.73 bits per heavy atom. The van der Waals surface area contributed by atoms with Crippen molar-refractivity contribution in [3.8, 4) is 0 Å². The second kappa shape index (κ2) is 6.68. The first-order chi connectivity index (χ1) is 10.3. The molecule has 126 valence electrons. The van der Waals surface area contributed by atoms with Gasteiger partial charge in [-0.05, 0) is 68.9 Å². The van der Waals surface area contributed by atoms with Crippen LogP contribution in [0.4, 0.5) is 0 Å². The summed E-state index contributed by atoms with van der Waals surface area (Å²) in [4.78, 5) is 12.6. The molecular formula is C18H31ClN2O. The minimum absolute atomic E-state index is 0. The number of carbonyl (C=O) groups is 1. The first-order valence-electron chi connectivity index (χ1n) is 9.28. The molecule has 3 saturated carbocycles. The number of fused-ring (bicyclic) bond motifs is 1. The lowest BCUT2D eigenvalue weighted by atomic mass is 9.69. The zero-order chi connectivity index (χ0) is 14.3. The van der Waals surface area contributed by atoms with Gasteiger partial charge in [-0.2, -0.15) is 0 Å². The third-order valence-electron chi connectivity index (χ3n) is 6.99. The van der Waals surface area contributed by atoms with Crippen molar-refractivity contribution in [3.63, 3.8) is 0 Å². The van der Waals surface area contributed by atoms with Crippen molar-refractivity contribution >= 4 is 18.3 Å². The monoisotopic (exact) mass is 326 g/mol. The molecule has 4 unspecified atom stereocenters. The van der Waals surface area contributed by atoms with Crippen LogP contribution in [0.25, 0.3) is 0 Å². The van der Waals surface area contributed by atoms with Gasteiger partial charge in [-0.1, -0.05) is 25.7 Å². The fraction of sp³-hybridized carbons (Fsp3) is 0.944. The highest BCUT2D eigenvalue weighted by Crippen LogP contribution is 2.58. The van der Waals surface area contributed by atoms with E-state index >= 15 is 0 Å². The zero-order valence-electron chi connectivity index (χ0n) is 13.6. The average Bonchev–Trinajstić information content (AvgIpc) is 3.21. The molecule has 4 fully saturated rings. The lowest BCUT2D eigenvalue weighted by Gasteiger charge is -2.39. The van der Waals surface area contributed by atoms with E-state index in [-0.39, 0.29) is 12.4 Å². The number of carbonyl (C=O) groups excluding carboxylic acids is 1. The quantitative estimate of drug-likeness (QED) is 0.817. The van der Waals surface area contributed by atoms with Crippen molar-refractivity contribution in [2.45, 2.75) is 70.3 Å². The van der Waals surface area contributed by atoms with E-state index in [1.807, 2.05) is 0 Å². The van der Waals surface area contributed by atoms with Gasteiger partial charge in [0.1, 0.15) is 0 Å². The summed E-state index contributed by atoms with van der Waals surface area (Å²) in [7, 11) is 0. The van der Waals surface area contributed by atoms with E-state index in [0.29, 0.717) is 23.3 Å². The van der Waals surface area contributed by atoms with Gasteiger partial charge in [0.15, 0.2) is 0 Å². The number of piperidine rings is 1. The van der Waals surface area contributed by atoms with Gasteiger partial charge in [0.25, 0.3) is 0 Å². The summed E-state index contributed by atoms with van der Waals surface area (Å²) in [6.45, 7) is 2.22. The minimum Gasteiger partial charge on any atom is -0.353 e. The standard InChI is InChI=1S/C18H30N2O.ClH/c21-17(16-12-18(16)7-9-19-10-8-18)20-15-6-5-13-3-1-2-4-14(13)11-15;/h13-16,19H,1-12H2,(H,20,21);1H. The molecule has 4 rings (SSSR count). The predicted octanol–water partition coefficient (Wildman–Crippen LogP) is 3.27. The van der Waals surface area contributed by atoms with Gasteiger partial charge in [-0.15, -0.1) is 12.4 Å². The Morgan fingerprint density at radius 3 is 2.50 bits per heavy atom. The van der Waals surface area contributed by atoms with Crippen LogP contribution in [-0.2, 0) is 4.79 Å². The molecule has 1 saturated heterocycles. The molecule has 0 bridgehead atoms. The summed E-state index contributed by atoms with van der Waals surface area (Å²) < 4.78 is 0. The highest BCUT2D eigenvalue weighted by atomic mass is 35.5. The summed E-state index contributed by atoms with van der Waals surface area (Å²) in [6.07, 6.45) is 13.1. The van der Waals surface area contributed by atoms with Crippen molar-refractivity contribution in [1.82, 2.24) is 10.6 Å². The SMILES string of the molecule is Cl.O=C(NC1CCC2CCCCC2C1)C1CC12CCNCC2. The predicted molar refractivity (Wildman–Crippen MR) is 91.1 cm³/mol. The number of hydrogen-bond acceptors (Lipinski definition) is 2. The fourth-order valence-electron chi connectivity index (χ4n) is 5.50. The highest BCUT2D eigenvalue weighted by molar-refractivity contribution is 5.85. The van der Waals surface area contributed by atoms with Crippen LogP contribution in [0.5, 0.6) is 0 Å². The van der Waals surface area contributed by atoms with Gasteiger partial charge in [0.2, 0.25) is 5.91 Å². The van der Waals surface area contributed by atoms with E-state index < -0.39 is 0 Å². The highest BCUT2D eigenvalue weighted by Gasteiger charge is 2.57. The molecule has 4 aliphatic rings. The molecule has 0 radical (unpaired) electrons. The zero-order valence-corrected chi connectivity index (χ0v) is 14.4. The molecule has 3 nitrogen and oxygen atoms in total. The van der Waals surface area contributed by atoms with E-state index in [1.54, 1.807) is 0 Å². The van der Waals surface area contributed by atoms with E-state index in [4.69, 9.17) is 0 Å². The topological polar surface area (TPSA) is 41.1 Å². The summed E-state index contributed by atoms with van der Waals surface area (Å²) in [5.74, 6) is 2.60. The first kappa shape index (κ1) is 16.6. The molecular weight excluding hydrogens is 296 g/mol. The average molecular weight is 327 g/mol. The van der Waals surface area contributed by atoms with Crippen LogP contribution in [-0.4, -0.2) is 25.0 Å². The summed E-state index contributed by atoms with van der Waals surface area (Å²) in [5, 5.41) is 6.85. The second-order valence-corrected chi connectivity index (χ2v) is 8.19. The maximum absolute atomic E-state index is 12.6. The van der Waals surface area contributed by atoms with E-state index in [1.165, 1.54) is 57.8 Å². The molecule has 1 aliphatic heterocycles. The Bertz CT molecular complexity index is 408. The van der Waals surface area contributed by atoms with Gasteiger partial charge in [-0.25, -0.2) is 0 Å². The molecule has 0 aromatic carbocycles. The maximum Gasteiger partial charge on any atom is 0.223 e. The second-order valence-electron chi connectivity index (χ2n) is 8.19. The normalized spacial score (nSPS) is 39.5. The molecule has 2 N–H and O–H groups in total. The number of nitrogens with one attached hydrogen (secondary N) is 2. The van der Waals surface area contributed by atoms with Crippen LogP contribution in [0.1, 0.15) is 64.2 Å². The van der Waals surface area contributed by atoms with Gasteiger partial charge in [0.05, 0.1) is 0 Å². The van der Waals surface area contributed by atoms with Gasteiger partial charge < -0.3 is 10.6 Å². The number of halogens is 1. The van der Waals surface area contributed by atoms with E-state index in [2.05, 4.69) is 10.6 Å². The Balaban J connectivity index is 0.00000144. The molecule has 22 heavy (non-hydrogen) atoms. The summed E-state index contributed by atoms with van der Waals surface area (Å²) in [5.41, 5.74) is 0.386. The lowest BCUT2D eigenvalue weighted by molar-refractivity contribution is -0.124. The first-order valence-corrected chi connectivity index (χ1v) is 9.28. The van der Waals surface area contributed by atoms with Crippen LogP contribution in [0.3, 0.4) is 0 Å². The number of hydrogen-bond donors (Lipinski definition) is 2. The van der Waals surface area contributed by atoms with Crippen molar-refractivity contribution in [1.29, 1.82) is 0 Å². The third kappa shape index (κ3) is 3.17. The summed E-state index contributed by atoms with van der Waals surface area (Å²) in [6, 6.07) is 0.483. The van der Waals surface area contributed by atoms with Crippen molar-refractivity contribution in [2.24, 2.45) is 23.2 Å². The third-order valence-corrected chi connectivity index (χ3v) is 6.99. The van der Waals surface area contributed by atoms with Crippen molar-refractivity contribution < 1.29 is 4.79 Å². The molecule has 1 heterocycles. The Labute approximate surface area is 140 Å².